The van der Waals surface area contributed by atoms with E-state index in [1.165, 1.54) is 6.07 Å². The maximum Gasteiger partial charge on any atom is 0.139 e. The highest BCUT2D eigenvalue weighted by atomic mass is 32.2. The lowest BCUT2D eigenvalue weighted by Gasteiger charge is -2.03. The summed E-state index contributed by atoms with van der Waals surface area (Å²) in [5.74, 6) is 0.495. The van der Waals surface area contributed by atoms with Crippen molar-refractivity contribution in [2.45, 2.75) is 20.8 Å². The Labute approximate surface area is 98.2 Å². The van der Waals surface area contributed by atoms with Gasteiger partial charge < -0.3 is 0 Å². The quantitative estimate of drug-likeness (QED) is 0.745. The van der Waals surface area contributed by atoms with E-state index >= 15 is 0 Å². The van der Waals surface area contributed by atoms with Crippen LogP contribution in [0.15, 0.2) is 28.7 Å². The Kier molecular flexibility index (Phi) is 4.80. The average Bonchev–Trinajstić information content (AvgIpc) is 2.16. The van der Waals surface area contributed by atoms with Gasteiger partial charge in [-0.05, 0) is 18.9 Å². The van der Waals surface area contributed by atoms with E-state index in [1.54, 1.807) is 25.1 Å². The summed E-state index contributed by atoms with van der Waals surface area (Å²) in [6.07, 6.45) is 0. The molecule has 2 nitrogen and oxygen atoms in total. The van der Waals surface area contributed by atoms with Crippen molar-refractivity contribution >= 4 is 16.7 Å². The second-order valence-electron chi connectivity index (χ2n) is 4.04. The van der Waals surface area contributed by atoms with Gasteiger partial charge in [-0.2, -0.15) is 4.40 Å². The minimum absolute atomic E-state index is 0.318. The first-order valence-corrected chi connectivity index (χ1v) is 6.47. The molecule has 0 unspecified atom stereocenters. The van der Waals surface area contributed by atoms with E-state index in [9.17, 15) is 8.60 Å². The van der Waals surface area contributed by atoms with Crippen LogP contribution in [0.4, 0.5) is 4.39 Å². The van der Waals surface area contributed by atoms with Crippen LogP contribution in [0.2, 0.25) is 0 Å². The largest absolute Gasteiger partial charge is 0.235 e. The molecule has 16 heavy (non-hydrogen) atoms. The topological polar surface area (TPSA) is 29.4 Å². The summed E-state index contributed by atoms with van der Waals surface area (Å²) in [7, 11) is -1.27. The highest BCUT2D eigenvalue weighted by Gasteiger charge is 2.07. The Morgan fingerprint density at radius 1 is 1.44 bits per heavy atom. The predicted molar refractivity (Wildman–Crippen MR) is 66.5 cm³/mol. The standard InChI is InChI=1S/C12H16FNOS/c1-9(2)8-16(15)14-10(3)11-6-4-5-7-12(11)13/h4-7,9H,8H2,1-3H3/t16-/m1/s1. The number of hydrogen-bond acceptors (Lipinski definition) is 1. The molecular formula is C12H16FNOS. The number of nitrogens with zero attached hydrogens (tertiary/aromatic N) is 1. The molecule has 1 aromatic carbocycles. The van der Waals surface area contributed by atoms with Gasteiger partial charge in [0, 0.05) is 11.3 Å². The molecule has 0 aromatic heterocycles. The summed E-state index contributed by atoms with van der Waals surface area (Å²) in [6.45, 7) is 5.63. The normalized spacial score (nSPS) is 14.2. The average molecular weight is 241 g/mol. The van der Waals surface area contributed by atoms with Crippen molar-refractivity contribution in [3.63, 3.8) is 0 Å². The third-order valence-electron chi connectivity index (χ3n) is 1.98. The Hall–Kier alpha value is -1.03. The molecule has 0 saturated carbocycles. The molecule has 0 heterocycles. The molecule has 1 rings (SSSR count). The summed E-state index contributed by atoms with van der Waals surface area (Å²) in [5.41, 5.74) is 0.900. The molecular weight excluding hydrogens is 225 g/mol. The third kappa shape index (κ3) is 3.85. The van der Waals surface area contributed by atoms with E-state index in [0.29, 0.717) is 22.9 Å². The molecule has 88 valence electrons. The van der Waals surface area contributed by atoms with Crippen molar-refractivity contribution in [1.29, 1.82) is 0 Å². The van der Waals surface area contributed by atoms with Crippen molar-refractivity contribution < 1.29 is 8.60 Å². The lowest BCUT2D eigenvalue weighted by molar-refractivity contribution is 0.625. The zero-order valence-electron chi connectivity index (χ0n) is 9.74. The molecule has 4 heteroatoms. The van der Waals surface area contributed by atoms with Gasteiger partial charge >= 0.3 is 0 Å². The number of halogens is 1. The van der Waals surface area contributed by atoms with Gasteiger partial charge in [-0.3, -0.25) is 0 Å². The van der Waals surface area contributed by atoms with Crippen molar-refractivity contribution in [3.05, 3.63) is 35.6 Å². The van der Waals surface area contributed by atoms with Crippen molar-refractivity contribution in [1.82, 2.24) is 0 Å². The van der Waals surface area contributed by atoms with Gasteiger partial charge in [-0.15, -0.1) is 0 Å². The van der Waals surface area contributed by atoms with Crippen molar-refractivity contribution in [3.8, 4) is 0 Å². The number of rotatable bonds is 4. The number of benzene rings is 1. The summed E-state index contributed by atoms with van der Waals surface area (Å²) >= 11 is 0. The van der Waals surface area contributed by atoms with Gasteiger partial charge in [0.1, 0.15) is 16.8 Å². The van der Waals surface area contributed by atoms with Crippen LogP contribution in [0.5, 0.6) is 0 Å². The molecule has 0 aliphatic rings. The van der Waals surface area contributed by atoms with E-state index < -0.39 is 11.0 Å². The van der Waals surface area contributed by atoms with Crippen molar-refractivity contribution in [2.24, 2.45) is 10.3 Å². The number of hydrogen-bond donors (Lipinski definition) is 0. The summed E-state index contributed by atoms with van der Waals surface area (Å²) in [5, 5.41) is 0. The van der Waals surface area contributed by atoms with Crippen LogP contribution in [0.3, 0.4) is 0 Å². The molecule has 0 amide bonds. The van der Waals surface area contributed by atoms with E-state index in [1.807, 2.05) is 13.8 Å². The molecule has 0 spiro atoms. The second kappa shape index (κ2) is 5.89. The molecule has 0 aliphatic heterocycles. The molecule has 0 saturated heterocycles. The zero-order chi connectivity index (χ0) is 12.1. The van der Waals surface area contributed by atoms with Gasteiger partial charge in [0.25, 0.3) is 0 Å². The van der Waals surface area contributed by atoms with Gasteiger partial charge in [0.15, 0.2) is 0 Å². The van der Waals surface area contributed by atoms with E-state index in [0.717, 1.165) is 0 Å². The zero-order valence-corrected chi connectivity index (χ0v) is 10.6. The lowest BCUT2D eigenvalue weighted by atomic mass is 10.1. The summed E-state index contributed by atoms with van der Waals surface area (Å²) < 4.78 is 28.9. The first kappa shape index (κ1) is 13.0. The van der Waals surface area contributed by atoms with E-state index in [2.05, 4.69) is 4.40 Å². The smallest absolute Gasteiger partial charge is 0.139 e. The van der Waals surface area contributed by atoms with Crippen LogP contribution in [0, 0.1) is 11.7 Å². The second-order valence-corrected chi connectivity index (χ2v) is 5.20. The molecule has 0 radical (unpaired) electrons. The molecule has 0 aliphatic carbocycles. The van der Waals surface area contributed by atoms with E-state index in [-0.39, 0.29) is 5.82 Å². The first-order valence-electron chi connectivity index (χ1n) is 5.19. The molecule has 1 aromatic rings. The minimum Gasteiger partial charge on any atom is -0.235 e. The van der Waals surface area contributed by atoms with Gasteiger partial charge in [0.05, 0.1) is 5.71 Å². The molecule has 1 atom stereocenters. The Balaban J connectivity index is 2.86. The Morgan fingerprint density at radius 2 is 2.06 bits per heavy atom. The van der Waals surface area contributed by atoms with Crippen LogP contribution in [0.25, 0.3) is 0 Å². The Bertz CT molecular complexity index is 415. The maximum atomic E-state index is 13.4. The maximum absolute atomic E-state index is 13.4. The van der Waals surface area contributed by atoms with Crippen molar-refractivity contribution in [2.75, 3.05) is 5.75 Å². The summed E-state index contributed by atoms with van der Waals surface area (Å²) in [4.78, 5) is 0. The van der Waals surface area contributed by atoms with Gasteiger partial charge in [-0.25, -0.2) is 8.60 Å². The fourth-order valence-corrected chi connectivity index (χ4v) is 2.33. The fraction of sp³-hybridized carbons (Fsp3) is 0.417. The SMILES string of the molecule is CC(=N[S@](=O)CC(C)C)c1ccccc1F. The first-order chi connectivity index (χ1) is 7.50. The van der Waals surface area contributed by atoms with Crippen LogP contribution in [-0.4, -0.2) is 15.7 Å². The van der Waals surface area contributed by atoms with Crippen LogP contribution in [-0.2, 0) is 11.0 Å². The third-order valence-corrected chi connectivity index (χ3v) is 3.41. The van der Waals surface area contributed by atoms with Crippen LogP contribution >= 0.6 is 0 Å². The fourth-order valence-electron chi connectivity index (χ4n) is 1.28. The van der Waals surface area contributed by atoms with Crippen LogP contribution in [0.1, 0.15) is 26.3 Å². The molecule has 0 bridgehead atoms. The van der Waals surface area contributed by atoms with Gasteiger partial charge in [0.2, 0.25) is 0 Å². The van der Waals surface area contributed by atoms with E-state index in [4.69, 9.17) is 0 Å². The monoisotopic (exact) mass is 241 g/mol. The molecule has 0 N–H and O–H groups in total. The lowest BCUT2D eigenvalue weighted by Crippen LogP contribution is -2.06. The predicted octanol–water partition coefficient (Wildman–Crippen LogP) is 2.95. The van der Waals surface area contributed by atoms with Crippen LogP contribution < -0.4 is 0 Å². The highest BCUT2D eigenvalue weighted by molar-refractivity contribution is 7.83. The minimum atomic E-state index is -1.27. The molecule has 0 fully saturated rings. The highest BCUT2D eigenvalue weighted by Crippen LogP contribution is 2.09. The Morgan fingerprint density at radius 3 is 2.62 bits per heavy atom. The summed E-state index contributed by atoms with van der Waals surface area (Å²) in [6, 6.07) is 6.38. The van der Waals surface area contributed by atoms with Gasteiger partial charge in [-0.1, -0.05) is 32.0 Å².